The van der Waals surface area contributed by atoms with Crippen molar-refractivity contribution in [2.24, 2.45) is 0 Å². The van der Waals surface area contributed by atoms with E-state index in [0.29, 0.717) is 61.4 Å². The van der Waals surface area contributed by atoms with Crippen molar-refractivity contribution in [3.63, 3.8) is 0 Å². The molecular formula is C66H38B3Cl3N6O6U. The summed E-state index contributed by atoms with van der Waals surface area (Å²) >= 11 is 18.4. The molecule has 0 unspecified atom stereocenters. The Morgan fingerprint density at radius 3 is 1.25 bits per heavy atom. The van der Waals surface area contributed by atoms with Crippen LogP contribution in [0.15, 0.2) is 236 Å². The van der Waals surface area contributed by atoms with Crippen LogP contribution in [0.5, 0.6) is 0 Å². The molecule has 0 fully saturated rings. The maximum Gasteiger partial charge on any atom is 0.492 e. The Balaban J connectivity index is 0.000000133. The first-order valence-corrected chi connectivity index (χ1v) is 27.3. The molecule has 4 radical (unpaired) electrons. The molecular weight excluding hydrogens is 1350 g/mol. The molecule has 0 spiro atoms. The van der Waals surface area contributed by atoms with Gasteiger partial charge in [-0.2, -0.15) is 9.97 Å². The van der Waals surface area contributed by atoms with Crippen molar-refractivity contribution in [3.8, 4) is 56.9 Å². The summed E-state index contributed by atoms with van der Waals surface area (Å²) in [4.78, 5) is 27.9. The standard InChI is InChI=1S/C33H18ClN3O2.C21H12ClN3O.C12H8BClO3.B2.U/c34-21-14-16-28-26(18-21)24-10-6-11-25(30(24)39-28)33-36-31(19-7-2-1-3-8-19)35-32(37-33)20-13-15-23-22-9-4-5-12-27(22)38-29(23)17-20;22-21-24-19(13-6-2-1-3-7-13)23-20(25-21)14-10-11-16-15-8-4-5-9-17(15)26-18(16)12-14;14-7-4-5-11-9(6-7)8-2-1-3-10(13(15)16)12(8)17-11;1-2;/h1-18H;1-12H;1-6,15-16H;;. The van der Waals surface area contributed by atoms with E-state index in [9.17, 15) is 10.0 Å². The Morgan fingerprint density at radius 2 is 0.718 bits per heavy atom. The predicted molar refractivity (Wildman–Crippen MR) is 339 cm³/mol. The molecule has 0 aliphatic carbocycles. The van der Waals surface area contributed by atoms with Gasteiger partial charge in [0.25, 0.3) is 0 Å². The molecule has 12 nitrogen and oxygen atoms in total. The minimum Gasteiger partial charge on any atom is -0.456 e. The van der Waals surface area contributed by atoms with Crippen LogP contribution in [0, 0.1) is 31.1 Å². The first kappa shape index (κ1) is 56.9. The Morgan fingerprint density at radius 1 is 0.318 bits per heavy atom. The van der Waals surface area contributed by atoms with Crippen LogP contribution < -0.4 is 5.46 Å². The first-order valence-electron chi connectivity index (χ1n) is 26.2. The van der Waals surface area contributed by atoms with E-state index in [1.54, 1.807) is 30.3 Å². The summed E-state index contributed by atoms with van der Waals surface area (Å²) in [6.45, 7) is 0. The topological polar surface area (TPSA) is 170 Å². The Bertz CT molecular complexity index is 5130. The van der Waals surface area contributed by atoms with Crippen molar-refractivity contribution in [3.05, 3.63) is 234 Å². The van der Waals surface area contributed by atoms with Crippen molar-refractivity contribution in [1.82, 2.24) is 29.9 Å². The average Bonchev–Trinajstić information content (AvgIpc) is 2.90. The normalized spacial score (nSPS) is 11.1. The third-order valence-corrected chi connectivity index (χ3v) is 14.7. The molecule has 2 N–H and O–H groups in total. The number of fused-ring (bicyclic) bond motifs is 12. The summed E-state index contributed by atoms with van der Waals surface area (Å²) in [5.74, 6) is 2.73. The number of nitrogens with zero attached hydrogens (tertiary/aromatic N) is 6. The number of para-hydroxylation sites is 4. The van der Waals surface area contributed by atoms with E-state index in [-0.39, 0.29) is 36.4 Å². The van der Waals surface area contributed by atoms with E-state index >= 15 is 0 Å². The largest absolute Gasteiger partial charge is 0.492 e. The van der Waals surface area contributed by atoms with Crippen molar-refractivity contribution in [2.45, 2.75) is 0 Å². The summed E-state index contributed by atoms with van der Waals surface area (Å²) in [6.07, 6.45) is 0. The van der Waals surface area contributed by atoms with E-state index in [1.807, 2.05) is 176 Å². The van der Waals surface area contributed by atoms with Gasteiger partial charge in [0.2, 0.25) is 5.28 Å². The molecule has 0 saturated carbocycles. The minimum absolute atomic E-state index is 0. The van der Waals surface area contributed by atoms with Crippen LogP contribution in [0.1, 0.15) is 0 Å². The Labute approximate surface area is 525 Å². The molecule has 16 aromatic rings. The summed E-state index contributed by atoms with van der Waals surface area (Å²) in [6, 6.07) is 69.8. The van der Waals surface area contributed by atoms with Crippen LogP contribution in [-0.2, 0) is 0 Å². The van der Waals surface area contributed by atoms with E-state index in [2.05, 4.69) is 42.6 Å². The summed E-state index contributed by atoms with van der Waals surface area (Å²) in [5.41, 5.74) is 10.5. The monoisotopic (exact) mass is 1390 g/mol. The molecule has 0 aliphatic heterocycles. The Kier molecular flexibility index (Phi) is 16.5. The molecule has 0 bridgehead atoms. The quantitative estimate of drug-likeness (QED) is 0.151. The number of aromatic nitrogens is 6. The molecule has 85 heavy (non-hydrogen) atoms. The number of benzene rings is 10. The molecule has 6 heterocycles. The molecule has 6 aromatic heterocycles. The molecule has 10 aromatic carbocycles. The predicted octanol–water partition coefficient (Wildman–Crippen LogP) is 16.2. The van der Waals surface area contributed by atoms with Gasteiger partial charge >= 0.3 is 7.12 Å². The van der Waals surface area contributed by atoms with E-state index < -0.39 is 7.12 Å². The van der Waals surface area contributed by atoms with E-state index in [4.69, 9.17) is 67.4 Å². The van der Waals surface area contributed by atoms with Gasteiger partial charge in [-0.15, -0.1) is 0 Å². The van der Waals surface area contributed by atoms with Crippen molar-refractivity contribution >= 4 is 151 Å². The second kappa shape index (κ2) is 24.6. The van der Waals surface area contributed by atoms with Gasteiger partial charge in [-0.25, -0.2) is 19.9 Å². The summed E-state index contributed by atoms with van der Waals surface area (Å²) in [5, 5.41) is 27.9. The van der Waals surface area contributed by atoms with Crippen molar-refractivity contribution < 1.29 is 58.8 Å². The molecule has 16 rings (SSSR count). The smallest absolute Gasteiger partial charge is 0.456 e. The third-order valence-electron chi connectivity index (χ3n) is 14.0. The van der Waals surface area contributed by atoms with Crippen LogP contribution in [0.25, 0.3) is 145 Å². The number of halogens is 3. The minimum atomic E-state index is -1.55. The van der Waals surface area contributed by atoms with Crippen LogP contribution in [-0.4, -0.2) is 62.5 Å². The van der Waals surface area contributed by atoms with Gasteiger partial charge in [-0.3, -0.25) is 0 Å². The fourth-order valence-corrected chi connectivity index (χ4v) is 10.7. The van der Waals surface area contributed by atoms with Crippen LogP contribution >= 0.6 is 34.8 Å². The maximum absolute atomic E-state index is 9.27. The second-order valence-corrected chi connectivity index (χ2v) is 20.4. The molecule has 0 aliphatic rings. The van der Waals surface area contributed by atoms with Gasteiger partial charge in [0.05, 0.1) is 5.56 Å². The van der Waals surface area contributed by atoms with Gasteiger partial charge in [-0.1, -0.05) is 163 Å². The van der Waals surface area contributed by atoms with Gasteiger partial charge in [-0.05, 0) is 90.5 Å². The van der Waals surface area contributed by atoms with Crippen molar-refractivity contribution in [1.29, 1.82) is 0 Å². The van der Waals surface area contributed by atoms with Gasteiger partial charge in [0.15, 0.2) is 29.1 Å². The van der Waals surface area contributed by atoms with Gasteiger partial charge in [0, 0.05) is 127 Å². The second-order valence-electron chi connectivity index (χ2n) is 19.2. The zero-order chi connectivity index (χ0) is 57.4. The fraction of sp³-hybridized carbons (Fsp3) is 0. The Hall–Kier alpha value is -8.54. The number of hydrogen-bond donors (Lipinski definition) is 2. The van der Waals surface area contributed by atoms with E-state index in [0.717, 1.165) is 98.8 Å². The molecule has 0 saturated heterocycles. The summed E-state index contributed by atoms with van der Waals surface area (Å²) in [7, 11) is 6.45. The molecule has 0 atom stereocenters. The summed E-state index contributed by atoms with van der Waals surface area (Å²) < 4.78 is 24.0. The SMILES string of the molecule is Clc1ccc2oc3c(-c4nc(-c5ccccc5)nc(-c5ccc6c(c5)oc5ccccc56)n4)cccc3c2c1.Clc1nc(-c2ccccc2)nc(-c2ccc3c(c2)oc2ccccc23)n1.OB(O)c1cccc2c1oc1ccc(Cl)cc12.[B][B].[U]. The van der Waals surface area contributed by atoms with E-state index in [1.165, 1.54) is 0 Å². The number of hydrogen-bond acceptors (Lipinski definition) is 12. The maximum atomic E-state index is 9.27. The molecule has 19 heteroatoms. The zero-order valence-electron chi connectivity index (χ0n) is 44.4. The van der Waals surface area contributed by atoms with Gasteiger partial charge < -0.3 is 27.7 Å². The van der Waals surface area contributed by atoms with Gasteiger partial charge in [0.1, 0.15) is 44.7 Å². The van der Waals surface area contributed by atoms with Crippen LogP contribution in [0.3, 0.4) is 0 Å². The zero-order valence-corrected chi connectivity index (χ0v) is 50.8. The third kappa shape index (κ3) is 11.3. The number of furan rings is 4. The number of rotatable bonds is 6. The molecule has 0 amide bonds. The first-order chi connectivity index (χ1) is 41.1. The van der Waals surface area contributed by atoms with Crippen LogP contribution in [0.2, 0.25) is 15.3 Å². The molecule has 402 valence electrons. The van der Waals surface area contributed by atoms with Crippen LogP contribution in [0.4, 0.5) is 0 Å². The van der Waals surface area contributed by atoms with Crippen molar-refractivity contribution in [2.75, 3.05) is 0 Å². The average molecular weight is 1390 g/mol. The fourth-order valence-electron chi connectivity index (χ4n) is 10.2.